The van der Waals surface area contributed by atoms with Gasteiger partial charge in [0.2, 0.25) is 0 Å². The van der Waals surface area contributed by atoms with Gasteiger partial charge in [0.1, 0.15) is 0 Å². The van der Waals surface area contributed by atoms with Gasteiger partial charge in [0.15, 0.2) is 0 Å². The highest BCUT2D eigenvalue weighted by Crippen LogP contribution is 2.23. The van der Waals surface area contributed by atoms with Gasteiger partial charge in [0.25, 0.3) is 0 Å². The van der Waals surface area contributed by atoms with Crippen molar-refractivity contribution in [1.29, 1.82) is 0 Å². The minimum Gasteiger partial charge on any atom is -0.311 e. The van der Waals surface area contributed by atoms with Crippen molar-refractivity contribution in [2.45, 2.75) is 39.3 Å². The molecule has 0 amide bonds. The fourth-order valence-corrected chi connectivity index (χ4v) is 3.43. The van der Waals surface area contributed by atoms with Crippen molar-refractivity contribution in [1.82, 2.24) is 15.1 Å². The van der Waals surface area contributed by atoms with Crippen LogP contribution in [0.1, 0.15) is 27.2 Å². The Balaban J connectivity index is 1.92. The van der Waals surface area contributed by atoms with E-state index in [0.29, 0.717) is 6.04 Å². The van der Waals surface area contributed by atoms with E-state index in [9.17, 15) is 0 Å². The molecule has 3 atom stereocenters. The van der Waals surface area contributed by atoms with Crippen LogP contribution in [0.5, 0.6) is 0 Å². The molecule has 0 aliphatic carbocycles. The summed E-state index contributed by atoms with van der Waals surface area (Å²) in [6, 6.07) is 1.50. The number of likely N-dealkylation sites (tertiary alicyclic amines) is 1. The molecule has 0 aromatic heterocycles. The molecule has 3 nitrogen and oxygen atoms in total. The number of hydrogen-bond donors (Lipinski definition) is 1. The van der Waals surface area contributed by atoms with Gasteiger partial charge in [-0.3, -0.25) is 4.90 Å². The first-order valence-electron chi connectivity index (χ1n) is 7.24. The summed E-state index contributed by atoms with van der Waals surface area (Å²) in [7, 11) is 2.25. The third-order valence-electron chi connectivity index (χ3n) is 4.57. The van der Waals surface area contributed by atoms with Gasteiger partial charge in [-0.1, -0.05) is 20.8 Å². The number of piperazine rings is 1. The second-order valence-corrected chi connectivity index (χ2v) is 6.40. The van der Waals surface area contributed by atoms with Gasteiger partial charge >= 0.3 is 0 Å². The Morgan fingerprint density at radius 1 is 1.18 bits per heavy atom. The molecule has 2 heterocycles. The lowest BCUT2D eigenvalue weighted by Crippen LogP contribution is -2.59. The predicted octanol–water partition coefficient (Wildman–Crippen LogP) is 1.26. The fourth-order valence-electron chi connectivity index (χ4n) is 3.43. The molecule has 3 unspecified atom stereocenters. The van der Waals surface area contributed by atoms with Gasteiger partial charge < -0.3 is 10.2 Å². The molecule has 2 aliphatic rings. The monoisotopic (exact) mass is 239 g/mol. The van der Waals surface area contributed by atoms with Gasteiger partial charge in [0, 0.05) is 38.3 Å². The smallest absolute Gasteiger partial charge is 0.0218 e. The van der Waals surface area contributed by atoms with E-state index >= 15 is 0 Å². The van der Waals surface area contributed by atoms with Crippen LogP contribution in [0.15, 0.2) is 0 Å². The van der Waals surface area contributed by atoms with Crippen molar-refractivity contribution in [3.05, 3.63) is 0 Å². The zero-order chi connectivity index (χ0) is 12.4. The molecular weight excluding hydrogens is 210 g/mol. The first-order chi connectivity index (χ1) is 8.08. The molecule has 17 heavy (non-hydrogen) atoms. The van der Waals surface area contributed by atoms with E-state index in [1.54, 1.807) is 0 Å². The van der Waals surface area contributed by atoms with E-state index in [1.165, 1.54) is 39.1 Å². The zero-order valence-corrected chi connectivity index (χ0v) is 11.9. The minimum atomic E-state index is 0.690. The summed E-state index contributed by atoms with van der Waals surface area (Å²) in [5, 5.41) is 3.66. The van der Waals surface area contributed by atoms with E-state index in [2.05, 4.69) is 42.9 Å². The van der Waals surface area contributed by atoms with Crippen LogP contribution in [0, 0.1) is 11.8 Å². The van der Waals surface area contributed by atoms with E-state index in [4.69, 9.17) is 0 Å². The molecule has 2 fully saturated rings. The summed E-state index contributed by atoms with van der Waals surface area (Å²) in [6.45, 7) is 13.3. The Bertz CT molecular complexity index is 242. The lowest BCUT2D eigenvalue weighted by atomic mass is 9.90. The van der Waals surface area contributed by atoms with Crippen molar-refractivity contribution >= 4 is 0 Å². The van der Waals surface area contributed by atoms with Crippen LogP contribution in [0.4, 0.5) is 0 Å². The molecule has 1 N–H and O–H groups in total. The first-order valence-corrected chi connectivity index (χ1v) is 7.24. The van der Waals surface area contributed by atoms with Crippen LogP contribution in [-0.4, -0.2) is 61.7 Å². The summed E-state index contributed by atoms with van der Waals surface area (Å²) in [4.78, 5) is 5.22. The predicted molar refractivity (Wildman–Crippen MR) is 73.3 cm³/mol. The third-order valence-corrected chi connectivity index (χ3v) is 4.57. The maximum absolute atomic E-state index is 3.66. The molecule has 100 valence electrons. The Kier molecular flexibility index (Phi) is 4.45. The van der Waals surface area contributed by atoms with E-state index in [-0.39, 0.29) is 0 Å². The average Bonchev–Trinajstić information content (AvgIpc) is 2.29. The van der Waals surface area contributed by atoms with Crippen LogP contribution in [0.3, 0.4) is 0 Å². The SMILES string of the molecule is CC(C)C1CN(C2CCN(C)CC2C)CCN1. The van der Waals surface area contributed by atoms with Crippen molar-refractivity contribution in [2.75, 3.05) is 39.8 Å². The number of nitrogens with one attached hydrogen (secondary N) is 1. The number of hydrogen-bond acceptors (Lipinski definition) is 3. The topological polar surface area (TPSA) is 18.5 Å². The fraction of sp³-hybridized carbons (Fsp3) is 1.00. The quantitative estimate of drug-likeness (QED) is 0.782. The molecule has 0 radical (unpaired) electrons. The molecule has 0 spiro atoms. The normalized spacial score (nSPS) is 37.6. The second kappa shape index (κ2) is 5.68. The third kappa shape index (κ3) is 3.21. The summed E-state index contributed by atoms with van der Waals surface area (Å²) in [6.07, 6.45) is 1.35. The Hall–Kier alpha value is -0.120. The van der Waals surface area contributed by atoms with Crippen LogP contribution in [-0.2, 0) is 0 Å². The minimum absolute atomic E-state index is 0.690. The summed E-state index contributed by atoms with van der Waals surface area (Å²) >= 11 is 0. The standard InChI is InChI=1S/C14H29N3/c1-11(2)13-10-17(8-6-15-13)14-5-7-16(4)9-12(14)3/h11-15H,5-10H2,1-4H3. The molecule has 2 rings (SSSR count). The van der Waals surface area contributed by atoms with E-state index < -0.39 is 0 Å². The highest BCUT2D eigenvalue weighted by molar-refractivity contribution is 4.89. The van der Waals surface area contributed by atoms with Crippen LogP contribution in [0.2, 0.25) is 0 Å². The summed E-state index contributed by atoms with van der Waals surface area (Å²) in [5.74, 6) is 1.57. The molecule has 0 aromatic rings. The van der Waals surface area contributed by atoms with Gasteiger partial charge in [0.05, 0.1) is 0 Å². The van der Waals surface area contributed by atoms with Gasteiger partial charge in [-0.15, -0.1) is 0 Å². The van der Waals surface area contributed by atoms with Crippen molar-refractivity contribution in [2.24, 2.45) is 11.8 Å². The maximum atomic E-state index is 3.66. The van der Waals surface area contributed by atoms with E-state index in [0.717, 1.165) is 17.9 Å². The Morgan fingerprint density at radius 2 is 1.94 bits per heavy atom. The Morgan fingerprint density at radius 3 is 2.59 bits per heavy atom. The van der Waals surface area contributed by atoms with Crippen LogP contribution >= 0.6 is 0 Å². The number of nitrogens with zero attached hydrogens (tertiary/aromatic N) is 2. The van der Waals surface area contributed by atoms with Gasteiger partial charge in [-0.25, -0.2) is 0 Å². The molecule has 3 heteroatoms. The lowest BCUT2D eigenvalue weighted by molar-refractivity contribution is 0.0477. The van der Waals surface area contributed by atoms with Gasteiger partial charge in [-0.05, 0) is 31.8 Å². The van der Waals surface area contributed by atoms with Crippen LogP contribution < -0.4 is 5.32 Å². The van der Waals surface area contributed by atoms with Gasteiger partial charge in [-0.2, -0.15) is 0 Å². The summed E-state index contributed by atoms with van der Waals surface area (Å²) < 4.78 is 0. The van der Waals surface area contributed by atoms with Crippen LogP contribution in [0.25, 0.3) is 0 Å². The molecule has 0 bridgehead atoms. The highest BCUT2D eigenvalue weighted by Gasteiger charge is 2.32. The van der Waals surface area contributed by atoms with Crippen molar-refractivity contribution < 1.29 is 0 Å². The number of piperidine rings is 1. The lowest BCUT2D eigenvalue weighted by Gasteiger charge is -2.46. The zero-order valence-electron chi connectivity index (χ0n) is 11.9. The Labute approximate surface area is 107 Å². The van der Waals surface area contributed by atoms with Crippen molar-refractivity contribution in [3.8, 4) is 0 Å². The van der Waals surface area contributed by atoms with E-state index in [1.807, 2.05) is 0 Å². The molecule has 0 aromatic carbocycles. The molecular formula is C14H29N3. The number of rotatable bonds is 2. The first kappa shape index (κ1) is 13.3. The molecule has 0 saturated carbocycles. The average molecular weight is 239 g/mol. The largest absolute Gasteiger partial charge is 0.311 e. The highest BCUT2D eigenvalue weighted by atomic mass is 15.2. The summed E-state index contributed by atoms with van der Waals surface area (Å²) in [5.41, 5.74) is 0. The molecule has 2 saturated heterocycles. The maximum Gasteiger partial charge on any atom is 0.0218 e. The molecule has 2 aliphatic heterocycles. The van der Waals surface area contributed by atoms with Crippen molar-refractivity contribution in [3.63, 3.8) is 0 Å². The second-order valence-electron chi connectivity index (χ2n) is 6.40.